The van der Waals surface area contributed by atoms with E-state index in [1.807, 2.05) is 6.07 Å². The van der Waals surface area contributed by atoms with Crippen molar-refractivity contribution in [2.45, 2.75) is 30.7 Å². The van der Waals surface area contributed by atoms with Gasteiger partial charge in [0, 0.05) is 36.9 Å². The minimum Gasteiger partial charge on any atom is -0.481 e. The van der Waals surface area contributed by atoms with Crippen molar-refractivity contribution in [3.05, 3.63) is 119 Å². The van der Waals surface area contributed by atoms with Crippen LogP contribution in [0.25, 0.3) is 10.8 Å². The fraction of sp³-hybridized carbons (Fsp3) is 0.281. The molecule has 3 nitrogen and oxygen atoms in total. The Hall–Kier alpha value is -3.43. The third-order valence-electron chi connectivity index (χ3n) is 9.32. The first-order chi connectivity index (χ1) is 17.1. The van der Waals surface area contributed by atoms with E-state index in [0.717, 1.165) is 25.9 Å². The van der Waals surface area contributed by atoms with E-state index in [0.29, 0.717) is 6.54 Å². The lowest BCUT2D eigenvalue weighted by molar-refractivity contribution is -0.157. The highest BCUT2D eigenvalue weighted by Crippen LogP contribution is 2.69. The number of nitrogens with zero attached hydrogens (tertiary/aromatic N) is 1. The van der Waals surface area contributed by atoms with Gasteiger partial charge in [0.1, 0.15) is 0 Å². The zero-order valence-corrected chi connectivity index (χ0v) is 19.7. The van der Waals surface area contributed by atoms with Crippen LogP contribution in [0.15, 0.2) is 97.1 Å². The van der Waals surface area contributed by atoms with Gasteiger partial charge in [0.25, 0.3) is 0 Å². The van der Waals surface area contributed by atoms with Crippen LogP contribution in [0, 0.1) is 11.3 Å². The van der Waals surface area contributed by atoms with Gasteiger partial charge in [-0.1, -0.05) is 97.1 Å². The summed E-state index contributed by atoms with van der Waals surface area (Å²) < 4.78 is 0. The molecule has 3 aliphatic carbocycles. The molecule has 4 unspecified atom stereocenters. The summed E-state index contributed by atoms with van der Waals surface area (Å²) in [6.45, 7) is 2.21. The highest BCUT2D eigenvalue weighted by Gasteiger charge is 2.70. The van der Waals surface area contributed by atoms with Crippen molar-refractivity contribution >= 4 is 16.7 Å². The van der Waals surface area contributed by atoms with Gasteiger partial charge in [-0.3, -0.25) is 9.69 Å². The number of carboxylic acid groups (broad SMARTS) is 1. The Bertz CT molecular complexity index is 1450. The summed E-state index contributed by atoms with van der Waals surface area (Å²) in [5, 5.41) is 13.4. The van der Waals surface area contributed by atoms with Gasteiger partial charge in [0.2, 0.25) is 0 Å². The van der Waals surface area contributed by atoms with Gasteiger partial charge in [0.05, 0.1) is 5.41 Å². The van der Waals surface area contributed by atoms with Crippen molar-refractivity contribution in [1.29, 1.82) is 0 Å². The molecule has 35 heavy (non-hydrogen) atoms. The number of benzene rings is 4. The van der Waals surface area contributed by atoms with Crippen LogP contribution in [-0.2, 0) is 16.8 Å². The van der Waals surface area contributed by atoms with Gasteiger partial charge in [-0.15, -0.1) is 0 Å². The molecular formula is C32H29NO2. The van der Waals surface area contributed by atoms with Crippen molar-refractivity contribution in [3.8, 4) is 0 Å². The summed E-state index contributed by atoms with van der Waals surface area (Å²) in [6.07, 6.45) is 1.93. The molecule has 3 heteroatoms. The largest absolute Gasteiger partial charge is 0.481 e. The molecule has 4 aromatic rings. The second-order valence-electron chi connectivity index (χ2n) is 10.8. The number of fused-ring (bicyclic) bond motifs is 2. The highest BCUT2D eigenvalue weighted by molar-refractivity contribution is 5.85. The zero-order valence-electron chi connectivity index (χ0n) is 19.7. The summed E-state index contributed by atoms with van der Waals surface area (Å²) in [5.41, 5.74) is 4.07. The number of hydrogen-bond donors (Lipinski definition) is 1. The molecule has 8 rings (SSSR count). The second-order valence-corrected chi connectivity index (χ2v) is 10.8. The highest BCUT2D eigenvalue weighted by atomic mass is 16.4. The Labute approximate surface area is 206 Å². The van der Waals surface area contributed by atoms with E-state index >= 15 is 0 Å². The maximum Gasteiger partial charge on any atom is 0.311 e. The van der Waals surface area contributed by atoms with Crippen LogP contribution in [0.2, 0.25) is 0 Å². The van der Waals surface area contributed by atoms with Crippen molar-refractivity contribution in [2.75, 3.05) is 13.1 Å². The molecule has 1 aliphatic heterocycles. The minimum absolute atomic E-state index is 0.0334. The summed E-state index contributed by atoms with van der Waals surface area (Å²) in [4.78, 5) is 15.7. The predicted molar refractivity (Wildman–Crippen MR) is 138 cm³/mol. The maximum atomic E-state index is 13.3. The molecule has 4 atom stereocenters. The van der Waals surface area contributed by atoms with Crippen LogP contribution < -0.4 is 0 Å². The minimum atomic E-state index is -0.771. The second kappa shape index (κ2) is 7.53. The zero-order chi connectivity index (χ0) is 23.6. The van der Waals surface area contributed by atoms with Crippen molar-refractivity contribution < 1.29 is 9.90 Å². The summed E-state index contributed by atoms with van der Waals surface area (Å²) in [7, 11) is 0. The lowest BCUT2D eigenvalue weighted by atomic mass is 9.42. The van der Waals surface area contributed by atoms with Crippen LogP contribution in [-0.4, -0.2) is 29.1 Å². The van der Waals surface area contributed by atoms with Gasteiger partial charge in [-0.25, -0.2) is 0 Å². The average molecular weight is 460 g/mol. The Balaban J connectivity index is 1.44. The Kier molecular flexibility index (Phi) is 4.50. The summed E-state index contributed by atoms with van der Waals surface area (Å²) >= 11 is 0. The molecule has 2 fully saturated rings. The third-order valence-corrected chi connectivity index (χ3v) is 9.32. The Morgan fingerprint density at radius 2 is 1.63 bits per heavy atom. The van der Waals surface area contributed by atoms with Gasteiger partial charge in [-0.2, -0.15) is 0 Å². The van der Waals surface area contributed by atoms with E-state index in [2.05, 4.69) is 95.9 Å². The predicted octanol–water partition coefficient (Wildman–Crippen LogP) is 6.22. The first kappa shape index (κ1) is 20.9. The smallest absolute Gasteiger partial charge is 0.311 e. The van der Waals surface area contributed by atoms with E-state index in [1.165, 1.54) is 33.0 Å². The molecular weight excluding hydrogens is 430 g/mol. The molecule has 0 spiro atoms. The van der Waals surface area contributed by atoms with Crippen LogP contribution in [0.4, 0.5) is 0 Å². The molecule has 1 N–H and O–H groups in total. The average Bonchev–Trinajstić information content (AvgIpc) is 3.31. The quantitative estimate of drug-likeness (QED) is 0.394. The van der Waals surface area contributed by atoms with E-state index in [4.69, 9.17) is 0 Å². The number of aliphatic carboxylic acids is 1. The van der Waals surface area contributed by atoms with Gasteiger partial charge in [-0.05, 0) is 45.9 Å². The molecule has 2 bridgehead atoms. The van der Waals surface area contributed by atoms with Gasteiger partial charge >= 0.3 is 5.97 Å². The lowest BCUT2D eigenvalue weighted by Gasteiger charge is -2.59. The first-order valence-corrected chi connectivity index (χ1v) is 12.7. The van der Waals surface area contributed by atoms with Crippen molar-refractivity contribution in [3.63, 3.8) is 0 Å². The Morgan fingerprint density at radius 1 is 0.886 bits per heavy atom. The molecule has 0 amide bonds. The van der Waals surface area contributed by atoms with Crippen molar-refractivity contribution in [2.24, 2.45) is 11.3 Å². The lowest BCUT2D eigenvalue weighted by Crippen LogP contribution is -2.60. The molecule has 174 valence electrons. The Morgan fingerprint density at radius 3 is 2.46 bits per heavy atom. The number of carbonyl (C=O) groups is 1. The third kappa shape index (κ3) is 2.79. The monoisotopic (exact) mass is 459 g/mol. The fourth-order valence-corrected chi connectivity index (χ4v) is 7.98. The van der Waals surface area contributed by atoms with Crippen LogP contribution in [0.5, 0.6) is 0 Å². The van der Waals surface area contributed by atoms with Crippen molar-refractivity contribution in [1.82, 2.24) is 4.90 Å². The molecule has 0 radical (unpaired) electrons. The van der Waals surface area contributed by atoms with E-state index in [9.17, 15) is 9.90 Å². The van der Waals surface area contributed by atoms with Crippen LogP contribution in [0.1, 0.15) is 41.0 Å². The summed E-state index contributed by atoms with van der Waals surface area (Å²) in [5.74, 6) is -0.530. The molecule has 4 aliphatic rings. The van der Waals surface area contributed by atoms with Crippen LogP contribution >= 0.6 is 0 Å². The first-order valence-electron chi connectivity index (χ1n) is 12.7. The number of carboxylic acids is 1. The van der Waals surface area contributed by atoms with Crippen LogP contribution in [0.3, 0.4) is 0 Å². The summed E-state index contributed by atoms with van der Waals surface area (Å²) in [6, 6.07) is 34.5. The number of rotatable bonds is 4. The standard InChI is InChI=1S/C32H29NO2/c34-30(35)32-21-33(19-22-8-2-1-3-9-22)20-29(32)31(17-16-28(32)26-12-6-7-13-27(26)31)25-15-14-23-10-4-5-11-24(23)18-25/h1-15,18,28-29H,16-17,19-21H2,(H,34,35). The number of hydrogen-bond acceptors (Lipinski definition) is 2. The van der Waals surface area contributed by atoms with E-state index in [-0.39, 0.29) is 17.3 Å². The molecule has 1 heterocycles. The topological polar surface area (TPSA) is 40.5 Å². The molecule has 0 aromatic heterocycles. The van der Waals surface area contributed by atoms with Gasteiger partial charge in [0.15, 0.2) is 0 Å². The maximum absolute atomic E-state index is 13.3. The SMILES string of the molecule is O=C(O)C12CN(Cc3ccccc3)CC1C1(c3ccc4ccccc4c3)CCC2c2ccccc21. The normalized spacial score (nSPS) is 29.1. The fourth-order valence-electron chi connectivity index (χ4n) is 7.98. The molecule has 4 aromatic carbocycles. The van der Waals surface area contributed by atoms with Gasteiger partial charge < -0.3 is 5.11 Å². The van der Waals surface area contributed by atoms with E-state index < -0.39 is 11.4 Å². The van der Waals surface area contributed by atoms with E-state index in [1.54, 1.807) is 0 Å². The molecule has 1 saturated carbocycles. The molecule has 1 saturated heterocycles. The number of likely N-dealkylation sites (tertiary alicyclic amines) is 1.